The highest BCUT2D eigenvalue weighted by Gasteiger charge is 2.17. The van der Waals surface area contributed by atoms with Gasteiger partial charge >= 0.3 is 18.1 Å². The van der Waals surface area contributed by atoms with Crippen LogP contribution in [-0.4, -0.2) is 44.0 Å². The number of urea groups is 3. The number of rotatable bonds is 10. The average Bonchev–Trinajstić information content (AvgIpc) is 2.79. The van der Waals surface area contributed by atoms with Gasteiger partial charge < -0.3 is 16.0 Å². The van der Waals surface area contributed by atoms with Crippen molar-refractivity contribution in [1.29, 1.82) is 0 Å². The predicted octanol–water partition coefficient (Wildman–Crippen LogP) is -0.253. The third kappa shape index (κ3) is 10.4. The smallest absolute Gasteiger partial charge is 0.328 e. The molecule has 0 bridgehead atoms. The van der Waals surface area contributed by atoms with Gasteiger partial charge in [0.2, 0.25) is 0 Å². The Morgan fingerprint density at radius 2 is 1.08 bits per heavy atom. The van der Waals surface area contributed by atoms with Gasteiger partial charge in [0, 0.05) is 19.6 Å². The average molecular weight is 563 g/mol. The molecule has 0 saturated heterocycles. The van der Waals surface area contributed by atoms with Gasteiger partial charge in [-0.05, 0) is 28.8 Å². The summed E-state index contributed by atoms with van der Waals surface area (Å²) < 4.78 is 68.5. The third-order valence-electron chi connectivity index (χ3n) is 4.11. The Morgan fingerprint density at radius 3 is 1.47 bits per heavy atom. The fourth-order valence-electron chi connectivity index (χ4n) is 2.74. The Labute approximate surface area is 210 Å². The van der Waals surface area contributed by atoms with Crippen LogP contribution in [0.2, 0.25) is 0 Å². The molecule has 8 N–H and O–H groups in total. The summed E-state index contributed by atoms with van der Waals surface area (Å²) in [6.07, 6.45) is 0. The van der Waals surface area contributed by atoms with Crippen LogP contribution in [-0.2, 0) is 52.2 Å². The molecule has 0 heterocycles. The van der Waals surface area contributed by atoms with E-state index in [9.17, 15) is 31.2 Å². The molecule has 2 rings (SSSR count). The molecule has 2 unspecified atom stereocenters. The molecule has 0 spiro atoms. The summed E-state index contributed by atoms with van der Waals surface area (Å²) in [4.78, 5) is 35.2. The maximum atomic E-state index is 12.3. The van der Waals surface area contributed by atoms with Crippen molar-refractivity contribution in [2.75, 3.05) is 0 Å². The molecule has 6 amide bonds. The molecule has 0 saturated carbocycles. The van der Waals surface area contributed by atoms with Crippen molar-refractivity contribution in [3.63, 3.8) is 0 Å². The summed E-state index contributed by atoms with van der Waals surface area (Å²) in [5, 5.41) is 7.06. The normalized spacial score (nSPS) is 12.5. The molecule has 36 heavy (non-hydrogen) atoms. The second-order valence-corrected chi connectivity index (χ2v) is 9.91. The number of carbonyl (C=O) groups is 3. The molecule has 2 atom stereocenters. The monoisotopic (exact) mass is 562 g/mol. The van der Waals surface area contributed by atoms with Gasteiger partial charge in [0.05, 0.1) is 4.90 Å². The minimum absolute atomic E-state index is 0.106. The van der Waals surface area contributed by atoms with Gasteiger partial charge in [0.1, 0.15) is 0 Å². The fraction of sp³-hybridized carbons (Fsp3) is 0.167. The van der Waals surface area contributed by atoms with Gasteiger partial charge in [-0.1, -0.05) is 36.4 Å². The summed E-state index contributed by atoms with van der Waals surface area (Å²) in [7, 11) is -4.10. The zero-order valence-electron chi connectivity index (χ0n) is 18.2. The van der Waals surface area contributed by atoms with Gasteiger partial charge in [-0.15, -0.1) is 0 Å². The number of sulfonamides is 1. The van der Waals surface area contributed by atoms with Gasteiger partial charge in [0.15, 0.2) is 0 Å². The van der Waals surface area contributed by atoms with E-state index in [1.807, 2.05) is 4.72 Å². The molecule has 15 nitrogen and oxygen atoms in total. The first-order chi connectivity index (χ1) is 16.9. The summed E-state index contributed by atoms with van der Waals surface area (Å²) in [5.74, 6) is 0. The highest BCUT2D eigenvalue weighted by atomic mass is 32.2. The Kier molecular flexibility index (Phi) is 10.7. The third-order valence-corrected chi connectivity index (χ3v) is 6.18. The molecule has 2 aromatic carbocycles. The van der Waals surface area contributed by atoms with E-state index in [4.69, 9.17) is 9.11 Å². The van der Waals surface area contributed by atoms with E-state index in [1.54, 1.807) is 33.7 Å². The van der Waals surface area contributed by atoms with Crippen molar-refractivity contribution in [2.45, 2.75) is 24.5 Å². The van der Waals surface area contributed by atoms with E-state index in [2.05, 4.69) is 16.0 Å². The van der Waals surface area contributed by atoms with Crippen LogP contribution in [0, 0.1) is 0 Å². The minimum Gasteiger partial charge on any atom is -0.333 e. The van der Waals surface area contributed by atoms with Crippen molar-refractivity contribution >= 4 is 50.6 Å². The Hall–Kier alpha value is -3.58. The van der Waals surface area contributed by atoms with Crippen molar-refractivity contribution in [1.82, 2.24) is 30.1 Å². The highest BCUT2D eigenvalue weighted by molar-refractivity contribution is 7.90. The SMILES string of the molecule is O=C(NCc1cc(CNC(=O)NS(=O)O)cc(CNC(=O)NS(=O)(=O)c2ccccc2)c1)NS(=O)O. The molecule has 0 fully saturated rings. The number of nitrogens with one attached hydrogen (secondary N) is 6. The van der Waals surface area contributed by atoms with E-state index in [0.717, 1.165) is 0 Å². The molecular weight excluding hydrogens is 540 g/mol. The quantitative estimate of drug-likeness (QED) is 0.178. The first-order valence-electron chi connectivity index (χ1n) is 9.72. The molecule has 0 radical (unpaired) electrons. The summed E-state index contributed by atoms with van der Waals surface area (Å²) >= 11 is -5.14. The van der Waals surface area contributed by atoms with Crippen LogP contribution in [0.1, 0.15) is 16.7 Å². The predicted molar refractivity (Wildman–Crippen MR) is 128 cm³/mol. The molecule has 2 aromatic rings. The zero-order chi connectivity index (χ0) is 26.7. The standard InChI is InChI=1S/C18H22N6O9S3/c25-16(22-34(28)29)19-9-12-6-13(10-20-17(26)23-35(30)31)8-14(7-12)11-21-18(27)24-36(32,33)15-4-2-1-3-5-15/h1-8H,9-11H2,(H,28,29)(H,30,31)(H2,19,22,25)(H2,20,23,26)(H2,21,24,27). The first kappa shape index (κ1) is 28.7. The lowest BCUT2D eigenvalue weighted by molar-refractivity contribution is 0.244. The molecule has 0 aliphatic carbocycles. The van der Waals surface area contributed by atoms with E-state index >= 15 is 0 Å². The lowest BCUT2D eigenvalue weighted by Gasteiger charge is -2.13. The van der Waals surface area contributed by atoms with E-state index in [1.165, 1.54) is 24.3 Å². The highest BCUT2D eigenvalue weighted by Crippen LogP contribution is 2.12. The second-order valence-electron chi connectivity index (χ2n) is 6.83. The minimum atomic E-state index is -4.10. The van der Waals surface area contributed by atoms with Gasteiger partial charge in [0.25, 0.3) is 32.6 Å². The van der Waals surface area contributed by atoms with Crippen molar-refractivity contribution in [3.05, 3.63) is 65.2 Å². The lowest BCUT2D eigenvalue weighted by atomic mass is 10.1. The molecule has 196 valence electrons. The number of hydrogen-bond acceptors (Lipinski definition) is 7. The first-order valence-corrected chi connectivity index (χ1v) is 13.4. The molecule has 0 aliphatic heterocycles. The van der Waals surface area contributed by atoms with Crippen LogP contribution in [0.5, 0.6) is 0 Å². The Balaban J connectivity index is 2.10. The van der Waals surface area contributed by atoms with Gasteiger partial charge in [-0.3, -0.25) is 9.11 Å². The number of amides is 6. The van der Waals surface area contributed by atoms with E-state index < -0.39 is 50.6 Å². The second kappa shape index (κ2) is 13.5. The summed E-state index contributed by atoms with van der Waals surface area (Å²) in [5.41, 5.74) is 1.34. The topological polar surface area (TPSA) is 232 Å². The maximum Gasteiger partial charge on any atom is 0.328 e. The fourth-order valence-corrected chi connectivity index (χ4v) is 4.15. The summed E-state index contributed by atoms with van der Waals surface area (Å²) in [6, 6.07) is 9.02. The number of hydrogen-bond donors (Lipinski definition) is 8. The number of benzene rings is 2. The van der Waals surface area contributed by atoms with Crippen LogP contribution in [0.3, 0.4) is 0 Å². The van der Waals surface area contributed by atoms with Crippen LogP contribution in [0.4, 0.5) is 14.4 Å². The van der Waals surface area contributed by atoms with Gasteiger partial charge in [-0.2, -0.15) is 0 Å². The Morgan fingerprint density at radius 1 is 0.694 bits per heavy atom. The maximum absolute atomic E-state index is 12.3. The van der Waals surface area contributed by atoms with Crippen LogP contribution >= 0.6 is 0 Å². The molecule has 0 aliphatic rings. The van der Waals surface area contributed by atoms with Crippen LogP contribution < -0.4 is 30.1 Å². The van der Waals surface area contributed by atoms with Gasteiger partial charge in [-0.25, -0.2) is 45.4 Å². The molecule has 0 aromatic heterocycles. The van der Waals surface area contributed by atoms with Crippen molar-refractivity contribution in [3.8, 4) is 0 Å². The van der Waals surface area contributed by atoms with Crippen molar-refractivity contribution < 1.29 is 40.3 Å². The summed E-state index contributed by atoms with van der Waals surface area (Å²) in [6.45, 7) is -0.396. The van der Waals surface area contributed by atoms with E-state index in [0.29, 0.717) is 16.7 Å². The van der Waals surface area contributed by atoms with Crippen LogP contribution in [0.15, 0.2) is 53.4 Å². The molecular formula is C18H22N6O9S3. The largest absolute Gasteiger partial charge is 0.333 e. The zero-order valence-corrected chi connectivity index (χ0v) is 20.7. The molecule has 18 heteroatoms. The van der Waals surface area contributed by atoms with Crippen LogP contribution in [0.25, 0.3) is 0 Å². The van der Waals surface area contributed by atoms with Crippen molar-refractivity contribution in [2.24, 2.45) is 0 Å². The van der Waals surface area contributed by atoms with E-state index in [-0.39, 0.29) is 24.5 Å². The Bertz CT molecular complexity index is 1210. The number of carbonyl (C=O) groups excluding carboxylic acids is 3. The lowest BCUT2D eigenvalue weighted by Crippen LogP contribution is -2.39.